The topological polar surface area (TPSA) is 231 Å². The molecule has 0 aliphatic heterocycles. The van der Waals surface area contributed by atoms with Gasteiger partial charge in [0.2, 0.25) is 17.7 Å². The van der Waals surface area contributed by atoms with Crippen LogP contribution < -0.4 is 33.2 Å². The second-order valence-corrected chi connectivity index (χ2v) is 9.02. The summed E-state index contributed by atoms with van der Waals surface area (Å²) in [5, 5.41) is 18.0. The van der Waals surface area contributed by atoms with Crippen molar-refractivity contribution in [3.63, 3.8) is 0 Å². The summed E-state index contributed by atoms with van der Waals surface area (Å²) in [4.78, 5) is 56.4. The number of aromatic nitrogens is 1. The van der Waals surface area contributed by atoms with E-state index in [1.807, 2.05) is 24.3 Å². The number of aromatic amines is 1. The summed E-state index contributed by atoms with van der Waals surface area (Å²) in [5.41, 5.74) is 18.1. The molecule has 0 aliphatic carbocycles. The van der Waals surface area contributed by atoms with Crippen molar-refractivity contribution in [1.29, 1.82) is 0 Å². The highest BCUT2D eigenvalue weighted by atomic mass is 16.4. The number of nitrogens with one attached hydrogen (secondary N) is 4. The van der Waals surface area contributed by atoms with E-state index in [1.165, 1.54) is 0 Å². The molecule has 0 radical (unpaired) electrons. The first-order valence-electron chi connectivity index (χ1n) is 12.0. The van der Waals surface area contributed by atoms with E-state index in [1.54, 1.807) is 20.0 Å². The van der Waals surface area contributed by atoms with Crippen LogP contribution in [0, 0.1) is 5.92 Å². The fraction of sp³-hybridized carbons (Fsp3) is 0.458. The molecule has 0 bridgehead atoms. The second kappa shape index (κ2) is 13.8. The van der Waals surface area contributed by atoms with Crippen LogP contribution in [-0.2, 0) is 25.6 Å². The van der Waals surface area contributed by atoms with Crippen molar-refractivity contribution in [2.75, 3.05) is 13.1 Å². The molecule has 1 aromatic heterocycles. The number of fused-ring (bicyclic) bond motifs is 1. The number of H-pyrrole nitrogens is 1. The Balaban J connectivity index is 1.98. The number of carboxylic acids is 1. The summed E-state index contributed by atoms with van der Waals surface area (Å²) < 4.78 is 0. The van der Waals surface area contributed by atoms with Gasteiger partial charge in [0, 0.05) is 30.1 Å². The predicted molar refractivity (Wildman–Crippen MR) is 139 cm³/mol. The molecular weight excluding hydrogens is 480 g/mol. The number of aliphatic imine (C=N–C) groups is 1. The van der Waals surface area contributed by atoms with Gasteiger partial charge in [-0.05, 0) is 30.4 Å². The quantitative estimate of drug-likeness (QED) is 0.0871. The summed E-state index contributed by atoms with van der Waals surface area (Å²) in [7, 11) is 0. The van der Waals surface area contributed by atoms with E-state index in [0.29, 0.717) is 6.42 Å². The van der Waals surface area contributed by atoms with Crippen LogP contribution in [0.1, 0.15) is 32.3 Å². The average Bonchev–Trinajstić information content (AvgIpc) is 3.25. The number of benzene rings is 1. The molecule has 0 saturated heterocycles. The smallest absolute Gasteiger partial charge is 0.326 e. The van der Waals surface area contributed by atoms with E-state index in [4.69, 9.17) is 17.2 Å². The van der Waals surface area contributed by atoms with Crippen LogP contribution in [0.15, 0.2) is 35.5 Å². The SMILES string of the molecule is CC(C)C(N)C(=O)NC(CCCN=C(N)N)C(=O)NCC(=O)NC(Cc1c[nH]c2ccccc12)C(=O)O. The van der Waals surface area contributed by atoms with Crippen LogP contribution in [0.2, 0.25) is 0 Å². The average molecular weight is 517 g/mol. The number of aliphatic carboxylic acids is 1. The Bertz CT molecular complexity index is 1130. The standard InChI is InChI=1S/C24H36N8O5/c1-13(2)20(25)22(35)32-17(8-5-9-28-24(26)27)21(34)30-12-19(33)31-18(23(36)37)10-14-11-29-16-7-4-3-6-15(14)16/h3-4,6-7,11,13,17-18,20,29H,5,8-10,12,25H2,1-2H3,(H,30,34)(H,31,33)(H,32,35)(H,36,37)(H4,26,27,28). The van der Waals surface area contributed by atoms with Crippen LogP contribution in [0.4, 0.5) is 0 Å². The zero-order chi connectivity index (χ0) is 27.5. The number of guanidine groups is 1. The molecule has 3 atom stereocenters. The molecule has 11 N–H and O–H groups in total. The summed E-state index contributed by atoms with van der Waals surface area (Å²) >= 11 is 0. The van der Waals surface area contributed by atoms with Gasteiger partial charge in [-0.25, -0.2) is 4.79 Å². The van der Waals surface area contributed by atoms with Gasteiger partial charge in [-0.1, -0.05) is 32.0 Å². The van der Waals surface area contributed by atoms with Crippen LogP contribution in [0.5, 0.6) is 0 Å². The van der Waals surface area contributed by atoms with E-state index in [9.17, 15) is 24.3 Å². The number of para-hydroxylation sites is 1. The van der Waals surface area contributed by atoms with E-state index in [0.717, 1.165) is 16.5 Å². The van der Waals surface area contributed by atoms with Gasteiger partial charge in [-0.15, -0.1) is 0 Å². The van der Waals surface area contributed by atoms with Crippen LogP contribution >= 0.6 is 0 Å². The summed E-state index contributed by atoms with van der Waals surface area (Å²) in [6.07, 6.45) is 2.33. The zero-order valence-corrected chi connectivity index (χ0v) is 21.0. The number of carboxylic acid groups (broad SMARTS) is 1. The molecule has 0 saturated carbocycles. The highest BCUT2D eigenvalue weighted by molar-refractivity contribution is 5.93. The number of hydrogen-bond acceptors (Lipinski definition) is 6. The van der Waals surface area contributed by atoms with Crippen molar-refractivity contribution in [2.45, 2.75) is 51.2 Å². The number of carbonyl (C=O) groups excluding carboxylic acids is 3. The number of hydrogen-bond donors (Lipinski definition) is 8. The highest BCUT2D eigenvalue weighted by Crippen LogP contribution is 2.19. The van der Waals surface area contributed by atoms with Gasteiger partial charge < -0.3 is 43.2 Å². The minimum atomic E-state index is -1.21. The third kappa shape index (κ3) is 9.11. The molecule has 0 aliphatic rings. The summed E-state index contributed by atoms with van der Waals surface area (Å²) in [5.74, 6) is -3.27. The van der Waals surface area contributed by atoms with Crippen molar-refractivity contribution < 1.29 is 24.3 Å². The minimum absolute atomic E-state index is 0.0512. The van der Waals surface area contributed by atoms with Gasteiger partial charge in [0.25, 0.3) is 0 Å². The molecule has 1 aromatic carbocycles. The number of carbonyl (C=O) groups is 4. The first-order valence-corrected chi connectivity index (χ1v) is 12.0. The third-order valence-corrected chi connectivity index (χ3v) is 5.75. The van der Waals surface area contributed by atoms with Gasteiger partial charge >= 0.3 is 5.97 Å². The monoisotopic (exact) mass is 516 g/mol. The Morgan fingerprint density at radius 3 is 2.41 bits per heavy atom. The van der Waals surface area contributed by atoms with Crippen molar-refractivity contribution in [3.8, 4) is 0 Å². The van der Waals surface area contributed by atoms with E-state index >= 15 is 0 Å². The third-order valence-electron chi connectivity index (χ3n) is 5.75. The predicted octanol–water partition coefficient (Wildman–Crippen LogP) is -1.08. The highest BCUT2D eigenvalue weighted by Gasteiger charge is 2.26. The Morgan fingerprint density at radius 2 is 1.76 bits per heavy atom. The largest absolute Gasteiger partial charge is 0.480 e. The van der Waals surface area contributed by atoms with Crippen molar-refractivity contribution in [2.24, 2.45) is 28.1 Å². The molecule has 37 heavy (non-hydrogen) atoms. The van der Waals surface area contributed by atoms with Crippen molar-refractivity contribution in [1.82, 2.24) is 20.9 Å². The van der Waals surface area contributed by atoms with E-state index < -0.39 is 48.4 Å². The van der Waals surface area contributed by atoms with Crippen molar-refractivity contribution >= 4 is 40.6 Å². The first-order chi connectivity index (χ1) is 17.5. The summed E-state index contributed by atoms with van der Waals surface area (Å²) in [6.45, 7) is 3.31. The van der Waals surface area contributed by atoms with Crippen LogP contribution in [-0.4, -0.2) is 71.0 Å². The zero-order valence-electron chi connectivity index (χ0n) is 21.0. The Labute approximate surface area is 214 Å². The van der Waals surface area contributed by atoms with Crippen molar-refractivity contribution in [3.05, 3.63) is 36.0 Å². The number of nitrogens with two attached hydrogens (primary N) is 3. The summed E-state index contributed by atoms with van der Waals surface area (Å²) in [6, 6.07) is 4.40. The van der Waals surface area contributed by atoms with Gasteiger partial charge in [-0.3, -0.25) is 19.4 Å². The fourth-order valence-electron chi connectivity index (χ4n) is 3.60. The van der Waals surface area contributed by atoms with E-state index in [2.05, 4.69) is 25.9 Å². The molecule has 2 aromatic rings. The van der Waals surface area contributed by atoms with E-state index in [-0.39, 0.29) is 31.3 Å². The maximum Gasteiger partial charge on any atom is 0.326 e. The number of amides is 3. The van der Waals surface area contributed by atoms with Gasteiger partial charge in [0.1, 0.15) is 12.1 Å². The Kier molecular flexibility index (Phi) is 10.9. The molecule has 3 unspecified atom stereocenters. The molecular formula is C24H36N8O5. The normalized spacial score (nSPS) is 13.4. The molecule has 0 fully saturated rings. The van der Waals surface area contributed by atoms with Gasteiger partial charge in [-0.2, -0.15) is 0 Å². The fourth-order valence-corrected chi connectivity index (χ4v) is 3.60. The Hall–Kier alpha value is -4.13. The first kappa shape index (κ1) is 29.1. The lowest BCUT2D eigenvalue weighted by molar-refractivity contribution is -0.141. The minimum Gasteiger partial charge on any atom is -0.480 e. The van der Waals surface area contributed by atoms with Crippen LogP contribution in [0.3, 0.4) is 0 Å². The molecule has 3 amide bonds. The maximum absolute atomic E-state index is 12.8. The number of rotatable bonds is 14. The lowest BCUT2D eigenvalue weighted by atomic mass is 10.0. The van der Waals surface area contributed by atoms with Crippen LogP contribution in [0.25, 0.3) is 10.9 Å². The molecule has 2 rings (SSSR count). The lowest BCUT2D eigenvalue weighted by Crippen LogP contribution is -2.54. The second-order valence-electron chi connectivity index (χ2n) is 9.02. The number of nitrogens with zero attached hydrogens (tertiary/aromatic N) is 1. The Morgan fingerprint density at radius 1 is 1.05 bits per heavy atom. The molecule has 13 nitrogen and oxygen atoms in total. The van der Waals surface area contributed by atoms with Gasteiger partial charge in [0.15, 0.2) is 5.96 Å². The van der Waals surface area contributed by atoms with Gasteiger partial charge in [0.05, 0.1) is 12.6 Å². The maximum atomic E-state index is 12.8. The molecule has 13 heteroatoms. The molecule has 202 valence electrons. The molecule has 0 spiro atoms. The molecule has 1 heterocycles. The lowest BCUT2D eigenvalue weighted by Gasteiger charge is -2.22.